The van der Waals surface area contributed by atoms with Crippen LogP contribution in [0.15, 0.2) is 34.7 Å². The van der Waals surface area contributed by atoms with Crippen molar-refractivity contribution in [2.24, 2.45) is 0 Å². The third-order valence-corrected chi connectivity index (χ3v) is 4.61. The fourth-order valence-corrected chi connectivity index (χ4v) is 2.54. The zero-order valence-corrected chi connectivity index (χ0v) is 12.8. The van der Waals surface area contributed by atoms with Gasteiger partial charge >= 0.3 is 0 Å². The van der Waals surface area contributed by atoms with E-state index in [4.69, 9.17) is 4.42 Å². The van der Waals surface area contributed by atoms with Gasteiger partial charge in [-0.2, -0.15) is 12.7 Å². The largest absolute Gasteiger partial charge is 0.421 e. The Kier molecular flexibility index (Phi) is 5.05. The molecule has 1 aromatic carbocycles. The SMILES string of the molecule is CCN(C)S(=O)(=O)NCCc1nnc(-c2ccccc2)o1. The van der Waals surface area contributed by atoms with E-state index in [0.29, 0.717) is 24.7 Å². The van der Waals surface area contributed by atoms with Crippen molar-refractivity contribution in [1.29, 1.82) is 0 Å². The van der Waals surface area contributed by atoms with E-state index >= 15 is 0 Å². The van der Waals surface area contributed by atoms with Crippen molar-refractivity contribution in [2.75, 3.05) is 20.1 Å². The highest BCUT2D eigenvalue weighted by molar-refractivity contribution is 7.87. The molecule has 0 radical (unpaired) electrons. The predicted octanol–water partition coefficient (Wildman–Crippen LogP) is 1.07. The van der Waals surface area contributed by atoms with E-state index in [1.165, 1.54) is 11.4 Å². The maximum Gasteiger partial charge on any atom is 0.279 e. The highest BCUT2D eigenvalue weighted by atomic mass is 32.2. The molecule has 0 bridgehead atoms. The molecule has 0 fully saturated rings. The maximum absolute atomic E-state index is 11.7. The number of hydrogen-bond donors (Lipinski definition) is 1. The van der Waals surface area contributed by atoms with Crippen molar-refractivity contribution >= 4 is 10.2 Å². The number of benzene rings is 1. The van der Waals surface area contributed by atoms with Gasteiger partial charge in [-0.05, 0) is 12.1 Å². The van der Waals surface area contributed by atoms with Crippen LogP contribution in [0.25, 0.3) is 11.5 Å². The van der Waals surface area contributed by atoms with Gasteiger partial charge in [0.05, 0.1) is 0 Å². The smallest absolute Gasteiger partial charge is 0.279 e. The summed E-state index contributed by atoms with van der Waals surface area (Å²) in [7, 11) is -1.92. The third-order valence-electron chi connectivity index (χ3n) is 2.97. The minimum absolute atomic E-state index is 0.211. The Bertz CT molecular complexity index is 670. The van der Waals surface area contributed by atoms with E-state index in [1.54, 1.807) is 6.92 Å². The minimum atomic E-state index is -3.43. The molecule has 0 atom stereocenters. The Morgan fingerprint density at radius 3 is 2.62 bits per heavy atom. The molecule has 0 unspecified atom stereocenters. The van der Waals surface area contributed by atoms with Crippen LogP contribution in [-0.2, 0) is 16.6 Å². The number of nitrogens with one attached hydrogen (secondary N) is 1. The van der Waals surface area contributed by atoms with Gasteiger partial charge in [-0.25, -0.2) is 4.72 Å². The zero-order valence-electron chi connectivity index (χ0n) is 12.0. The lowest BCUT2D eigenvalue weighted by atomic mass is 10.2. The quantitative estimate of drug-likeness (QED) is 0.826. The molecule has 0 aliphatic heterocycles. The molecule has 2 aromatic rings. The summed E-state index contributed by atoms with van der Waals surface area (Å²) in [5.74, 6) is 0.829. The summed E-state index contributed by atoms with van der Waals surface area (Å²) in [5.41, 5.74) is 0.836. The lowest BCUT2D eigenvalue weighted by Crippen LogP contribution is -2.38. The molecule has 1 N–H and O–H groups in total. The monoisotopic (exact) mass is 310 g/mol. The van der Waals surface area contributed by atoms with Gasteiger partial charge in [-0.15, -0.1) is 10.2 Å². The van der Waals surface area contributed by atoms with Gasteiger partial charge in [0.1, 0.15) is 0 Å². The molecule has 114 valence electrons. The molecule has 21 heavy (non-hydrogen) atoms. The summed E-state index contributed by atoms with van der Waals surface area (Å²) in [4.78, 5) is 0. The van der Waals surface area contributed by atoms with Gasteiger partial charge in [-0.1, -0.05) is 25.1 Å². The molecule has 1 heterocycles. The van der Waals surface area contributed by atoms with Crippen LogP contribution in [0.4, 0.5) is 0 Å². The van der Waals surface area contributed by atoms with Crippen LogP contribution in [-0.4, -0.2) is 43.1 Å². The fourth-order valence-electron chi connectivity index (χ4n) is 1.62. The van der Waals surface area contributed by atoms with Crippen LogP contribution in [0.1, 0.15) is 12.8 Å². The van der Waals surface area contributed by atoms with E-state index < -0.39 is 10.2 Å². The van der Waals surface area contributed by atoms with E-state index in [-0.39, 0.29) is 6.54 Å². The number of hydrogen-bond acceptors (Lipinski definition) is 5. The maximum atomic E-state index is 11.7. The minimum Gasteiger partial charge on any atom is -0.421 e. The summed E-state index contributed by atoms with van der Waals surface area (Å²) in [6.07, 6.45) is 0.344. The van der Waals surface area contributed by atoms with Crippen LogP contribution in [0.2, 0.25) is 0 Å². The van der Waals surface area contributed by atoms with E-state index in [2.05, 4.69) is 14.9 Å². The predicted molar refractivity (Wildman–Crippen MR) is 78.7 cm³/mol. The summed E-state index contributed by atoms with van der Waals surface area (Å²) < 4.78 is 32.7. The van der Waals surface area contributed by atoms with Gasteiger partial charge in [0.25, 0.3) is 10.2 Å². The first-order valence-electron chi connectivity index (χ1n) is 6.61. The molecule has 0 saturated heterocycles. The van der Waals surface area contributed by atoms with Crippen molar-refractivity contribution in [2.45, 2.75) is 13.3 Å². The highest BCUT2D eigenvalue weighted by Crippen LogP contribution is 2.16. The molecular formula is C13H18N4O3S. The second-order valence-corrected chi connectivity index (χ2v) is 6.29. The van der Waals surface area contributed by atoms with Crippen molar-refractivity contribution in [1.82, 2.24) is 19.2 Å². The highest BCUT2D eigenvalue weighted by Gasteiger charge is 2.15. The first-order valence-corrected chi connectivity index (χ1v) is 8.05. The van der Waals surface area contributed by atoms with Gasteiger partial charge in [-0.3, -0.25) is 0 Å². The van der Waals surface area contributed by atoms with Crippen molar-refractivity contribution in [3.05, 3.63) is 36.2 Å². The van der Waals surface area contributed by atoms with Crippen LogP contribution in [0.3, 0.4) is 0 Å². The van der Waals surface area contributed by atoms with Crippen LogP contribution in [0.5, 0.6) is 0 Å². The Hall–Kier alpha value is -1.77. The van der Waals surface area contributed by atoms with Crippen LogP contribution in [0, 0.1) is 0 Å². The zero-order chi connectivity index (χ0) is 15.3. The lowest BCUT2D eigenvalue weighted by molar-refractivity contribution is 0.467. The van der Waals surface area contributed by atoms with Crippen molar-refractivity contribution < 1.29 is 12.8 Å². The van der Waals surface area contributed by atoms with Crippen molar-refractivity contribution in [3.8, 4) is 11.5 Å². The Morgan fingerprint density at radius 2 is 1.95 bits per heavy atom. The standard InChI is InChI=1S/C13H18N4O3S/c1-3-17(2)21(18,19)14-10-9-12-15-16-13(20-12)11-7-5-4-6-8-11/h4-8,14H,3,9-10H2,1-2H3. The molecule has 0 aliphatic rings. The molecule has 8 heteroatoms. The molecule has 1 aromatic heterocycles. The second kappa shape index (κ2) is 6.79. The molecule has 2 rings (SSSR count). The first-order chi connectivity index (χ1) is 10.0. The normalized spacial score (nSPS) is 12.0. The molecule has 0 amide bonds. The molecular weight excluding hydrogens is 292 g/mol. The van der Waals surface area contributed by atoms with E-state index in [0.717, 1.165) is 5.56 Å². The first kappa shape index (κ1) is 15.6. The number of rotatable bonds is 7. The molecule has 0 saturated carbocycles. The fraction of sp³-hybridized carbons (Fsp3) is 0.385. The van der Waals surface area contributed by atoms with Gasteiger partial charge in [0.2, 0.25) is 11.8 Å². The Balaban J connectivity index is 1.92. The molecule has 0 aliphatic carbocycles. The summed E-state index contributed by atoms with van der Waals surface area (Å²) in [5, 5.41) is 7.86. The lowest BCUT2D eigenvalue weighted by Gasteiger charge is -2.14. The number of nitrogens with zero attached hydrogens (tertiary/aromatic N) is 3. The Morgan fingerprint density at radius 1 is 1.24 bits per heavy atom. The molecule has 0 spiro atoms. The Labute approximate surface area is 124 Å². The van der Waals surface area contributed by atoms with Gasteiger partial charge in [0, 0.05) is 32.1 Å². The second-order valence-electron chi connectivity index (χ2n) is 4.43. The average molecular weight is 310 g/mol. The van der Waals surface area contributed by atoms with E-state index in [1.807, 2.05) is 30.3 Å². The van der Waals surface area contributed by atoms with Gasteiger partial charge in [0.15, 0.2) is 0 Å². The van der Waals surface area contributed by atoms with Crippen LogP contribution >= 0.6 is 0 Å². The van der Waals surface area contributed by atoms with Crippen molar-refractivity contribution in [3.63, 3.8) is 0 Å². The van der Waals surface area contributed by atoms with Gasteiger partial charge < -0.3 is 4.42 Å². The topological polar surface area (TPSA) is 88.3 Å². The summed E-state index contributed by atoms with van der Waals surface area (Å²) in [6.45, 7) is 2.39. The van der Waals surface area contributed by atoms with E-state index in [9.17, 15) is 8.42 Å². The third kappa shape index (κ3) is 4.10. The average Bonchev–Trinajstić information content (AvgIpc) is 2.96. The van der Waals surface area contributed by atoms with Crippen LogP contribution < -0.4 is 4.72 Å². The molecule has 7 nitrogen and oxygen atoms in total. The summed E-state index contributed by atoms with van der Waals surface area (Å²) >= 11 is 0. The number of aromatic nitrogens is 2. The summed E-state index contributed by atoms with van der Waals surface area (Å²) in [6, 6.07) is 9.41.